The van der Waals surface area contributed by atoms with Gasteiger partial charge in [0.1, 0.15) is 0 Å². The zero-order valence-electron chi connectivity index (χ0n) is 16.4. The van der Waals surface area contributed by atoms with Crippen LogP contribution in [0.25, 0.3) is 0 Å². The Kier molecular flexibility index (Phi) is 22.3. The summed E-state index contributed by atoms with van der Waals surface area (Å²) in [5, 5.41) is 17.7. The van der Waals surface area contributed by atoms with Crippen LogP contribution in [0, 0.1) is 0 Å². The summed E-state index contributed by atoms with van der Waals surface area (Å²) in [6.45, 7) is 2.49. The molecule has 0 bridgehead atoms. The van der Waals surface area contributed by atoms with E-state index >= 15 is 0 Å². The number of carboxylic acids is 1. The van der Waals surface area contributed by atoms with Gasteiger partial charge in [-0.3, -0.25) is 9.36 Å². The summed E-state index contributed by atoms with van der Waals surface area (Å²) in [5.41, 5.74) is 0. The molecular weight excluding hydrogens is 375 g/mol. The number of aliphatic hydroxyl groups excluding tert-OH is 1. The number of rotatable bonds is 16. The largest absolute Gasteiger partial charge is 0.481 e. The molecule has 162 valence electrons. The van der Waals surface area contributed by atoms with Gasteiger partial charge in [-0.05, 0) is 6.42 Å². The fourth-order valence-corrected chi connectivity index (χ4v) is 2.46. The number of hydrogen-bond acceptors (Lipinski definition) is 5. The van der Waals surface area contributed by atoms with Gasteiger partial charge in [0, 0.05) is 0 Å². The highest BCUT2D eigenvalue weighted by molar-refractivity contribution is 7.30. The topological polar surface area (TPSA) is 141 Å². The van der Waals surface area contributed by atoms with Gasteiger partial charge in [0.25, 0.3) is 0 Å². The number of hydrogen-bond donors (Lipinski definition) is 4. The average molecular weight is 412 g/mol. The molecule has 0 saturated carbocycles. The molecule has 27 heavy (non-hydrogen) atoms. The van der Waals surface area contributed by atoms with E-state index in [0.29, 0.717) is 0 Å². The second kappa shape index (κ2) is 21.4. The monoisotopic (exact) mass is 412 g/mol. The van der Waals surface area contributed by atoms with Crippen molar-refractivity contribution in [2.75, 3.05) is 6.61 Å². The molecule has 0 aliphatic heterocycles. The molecule has 9 heteroatoms. The van der Waals surface area contributed by atoms with Crippen molar-refractivity contribution in [1.29, 1.82) is 0 Å². The van der Waals surface area contributed by atoms with Crippen LogP contribution in [0.4, 0.5) is 0 Å². The molecule has 1 atom stereocenters. The number of carboxylic acid groups (broad SMARTS) is 1. The number of aliphatic hydroxyl groups is 1. The van der Waals surface area contributed by atoms with Gasteiger partial charge in [-0.1, -0.05) is 77.6 Å². The first kappa shape index (κ1) is 28.3. The van der Waals surface area contributed by atoms with Gasteiger partial charge >= 0.3 is 20.2 Å². The van der Waals surface area contributed by atoms with Crippen LogP contribution in [0.1, 0.15) is 90.4 Å². The first-order chi connectivity index (χ1) is 12.8. The Hall–Kier alpha value is -0.950. The van der Waals surface area contributed by atoms with Gasteiger partial charge in [-0.25, -0.2) is 4.79 Å². The molecule has 0 aromatic carbocycles. The molecule has 0 aliphatic rings. The zero-order chi connectivity index (χ0) is 20.9. The van der Waals surface area contributed by atoms with Gasteiger partial charge in [0.15, 0.2) is 6.10 Å². The van der Waals surface area contributed by atoms with Crippen LogP contribution < -0.4 is 0 Å². The minimum absolute atomic E-state index is 0.257. The maximum Gasteiger partial charge on any atom is 0.335 e. The second-order valence-electron chi connectivity index (χ2n) is 6.45. The maximum atomic E-state index is 11.2. The molecule has 0 spiro atoms. The molecule has 0 aromatic rings. The van der Waals surface area contributed by atoms with E-state index in [1.165, 1.54) is 57.8 Å². The van der Waals surface area contributed by atoms with Gasteiger partial charge in [0.05, 0.1) is 13.0 Å². The third kappa shape index (κ3) is 27.4. The molecule has 0 heterocycles. The average Bonchev–Trinajstić information content (AvgIpc) is 2.57. The lowest BCUT2D eigenvalue weighted by Crippen LogP contribution is -2.26. The van der Waals surface area contributed by atoms with E-state index in [-0.39, 0.29) is 6.61 Å². The highest BCUT2D eigenvalue weighted by Gasteiger charge is 2.19. The van der Waals surface area contributed by atoms with Gasteiger partial charge < -0.3 is 24.7 Å². The molecule has 0 fully saturated rings. The SMILES string of the molecule is CCCCCCCCCCCCCCOC(=O)C(O)CC(=O)O.O=[PH](O)O. The molecule has 8 nitrogen and oxygen atoms in total. The minimum Gasteiger partial charge on any atom is -0.481 e. The van der Waals surface area contributed by atoms with Gasteiger partial charge in [-0.15, -0.1) is 0 Å². The quantitative estimate of drug-likeness (QED) is 0.172. The molecule has 0 amide bonds. The first-order valence-electron chi connectivity index (χ1n) is 9.79. The Labute approximate surface area is 162 Å². The van der Waals surface area contributed by atoms with Gasteiger partial charge in [-0.2, -0.15) is 0 Å². The summed E-state index contributed by atoms with van der Waals surface area (Å²) >= 11 is 0. The number of carbonyl (C=O) groups excluding carboxylic acids is 1. The normalized spacial score (nSPS) is 11.6. The van der Waals surface area contributed by atoms with E-state index in [2.05, 4.69) is 6.92 Å². The lowest BCUT2D eigenvalue weighted by molar-refractivity contribution is -0.158. The highest BCUT2D eigenvalue weighted by Crippen LogP contribution is 2.12. The molecular formula is C18H37O8P. The number of ether oxygens (including phenoxy) is 1. The molecule has 0 rings (SSSR count). The van der Waals surface area contributed by atoms with Crippen LogP contribution in [0.3, 0.4) is 0 Å². The third-order valence-corrected chi connectivity index (χ3v) is 3.88. The zero-order valence-corrected chi connectivity index (χ0v) is 17.4. The van der Waals surface area contributed by atoms with Crippen LogP contribution >= 0.6 is 8.25 Å². The Balaban J connectivity index is 0. The second-order valence-corrected chi connectivity index (χ2v) is 7.02. The van der Waals surface area contributed by atoms with Crippen LogP contribution in [0.5, 0.6) is 0 Å². The van der Waals surface area contributed by atoms with Crippen LogP contribution in [0.2, 0.25) is 0 Å². The lowest BCUT2D eigenvalue weighted by Gasteiger charge is -2.08. The van der Waals surface area contributed by atoms with Crippen molar-refractivity contribution in [3.63, 3.8) is 0 Å². The van der Waals surface area contributed by atoms with Crippen molar-refractivity contribution in [3.05, 3.63) is 0 Å². The van der Waals surface area contributed by atoms with E-state index in [1.54, 1.807) is 0 Å². The standard InChI is InChI=1S/C18H34O5.H3O3P/c1-2-3-4-5-6-7-8-9-10-11-12-13-14-23-18(22)16(19)15-17(20)21;1-4(2)3/h16,19H,2-15H2,1H3,(H,20,21);4H,(H2,1,2,3). The summed E-state index contributed by atoms with van der Waals surface area (Å²) in [5.74, 6) is -2.05. The summed E-state index contributed by atoms with van der Waals surface area (Å²) < 4.78 is 13.6. The maximum absolute atomic E-state index is 11.2. The van der Waals surface area contributed by atoms with E-state index in [1.807, 2.05) is 0 Å². The van der Waals surface area contributed by atoms with E-state index in [4.69, 9.17) is 24.2 Å². The number of esters is 1. The Bertz CT molecular complexity index is 386. The molecule has 0 aliphatic carbocycles. The van der Waals surface area contributed by atoms with Crippen LogP contribution in [-0.2, 0) is 18.9 Å². The molecule has 4 N–H and O–H groups in total. The number of carbonyl (C=O) groups is 2. The van der Waals surface area contributed by atoms with E-state index < -0.39 is 32.7 Å². The predicted molar refractivity (Wildman–Crippen MR) is 104 cm³/mol. The highest BCUT2D eigenvalue weighted by atomic mass is 31.1. The van der Waals surface area contributed by atoms with Crippen molar-refractivity contribution in [1.82, 2.24) is 0 Å². The van der Waals surface area contributed by atoms with E-state index in [0.717, 1.165) is 19.3 Å². The first-order valence-corrected chi connectivity index (χ1v) is 11.1. The molecule has 0 saturated heterocycles. The van der Waals surface area contributed by atoms with Crippen molar-refractivity contribution in [2.24, 2.45) is 0 Å². The fraction of sp³-hybridized carbons (Fsp3) is 0.889. The van der Waals surface area contributed by atoms with Crippen molar-refractivity contribution >= 4 is 20.2 Å². The molecule has 1 unspecified atom stereocenters. The molecule has 0 aromatic heterocycles. The summed E-state index contributed by atoms with van der Waals surface area (Å²) in [4.78, 5) is 35.9. The van der Waals surface area contributed by atoms with E-state index in [9.17, 15) is 14.7 Å². The fourth-order valence-electron chi connectivity index (χ4n) is 2.46. The lowest BCUT2D eigenvalue weighted by atomic mass is 10.1. The van der Waals surface area contributed by atoms with Crippen molar-refractivity contribution in [2.45, 2.75) is 96.5 Å². The van der Waals surface area contributed by atoms with Crippen LogP contribution in [0.15, 0.2) is 0 Å². The summed E-state index contributed by atoms with van der Waals surface area (Å²) in [6.07, 6.45) is 12.6. The number of unbranched alkanes of at least 4 members (excludes halogenated alkanes) is 11. The summed E-state index contributed by atoms with van der Waals surface area (Å²) in [6, 6.07) is 0. The Morgan fingerprint density at radius 3 is 1.59 bits per heavy atom. The molecule has 0 radical (unpaired) electrons. The number of aliphatic carboxylic acids is 1. The summed E-state index contributed by atoms with van der Waals surface area (Å²) in [7, 11) is -3.13. The minimum atomic E-state index is -3.13. The van der Waals surface area contributed by atoms with Crippen molar-refractivity contribution < 1.29 is 38.9 Å². The Morgan fingerprint density at radius 1 is 0.852 bits per heavy atom. The Morgan fingerprint density at radius 2 is 1.22 bits per heavy atom. The van der Waals surface area contributed by atoms with Crippen LogP contribution in [-0.4, -0.2) is 44.6 Å². The van der Waals surface area contributed by atoms with Gasteiger partial charge in [0.2, 0.25) is 0 Å². The predicted octanol–water partition coefficient (Wildman–Crippen LogP) is 3.43. The smallest absolute Gasteiger partial charge is 0.335 e. The van der Waals surface area contributed by atoms with Crippen molar-refractivity contribution in [3.8, 4) is 0 Å². The third-order valence-electron chi connectivity index (χ3n) is 3.88.